The number of anilines is 1. The third kappa shape index (κ3) is 6.00. The molecule has 0 aliphatic heterocycles. The molecule has 2 aromatic rings. The molecule has 0 aliphatic carbocycles. The maximum atomic E-state index is 11.8. The van der Waals surface area contributed by atoms with Crippen molar-refractivity contribution < 1.29 is 19.1 Å². The number of carbonyl (C=O) groups excluding carboxylic acids is 2. The molecule has 0 radical (unpaired) electrons. The van der Waals surface area contributed by atoms with Crippen molar-refractivity contribution in [2.45, 2.75) is 6.92 Å². The molecule has 27 heavy (non-hydrogen) atoms. The van der Waals surface area contributed by atoms with Crippen molar-refractivity contribution in [2.24, 2.45) is 5.10 Å². The molecule has 0 atom stereocenters. The topological polar surface area (TPSA) is 89.0 Å². The van der Waals surface area contributed by atoms with Crippen molar-refractivity contribution in [1.82, 2.24) is 5.43 Å². The highest BCUT2D eigenvalue weighted by Gasteiger charge is 2.12. The fourth-order valence-electron chi connectivity index (χ4n) is 2.07. The molecule has 0 heterocycles. The summed E-state index contributed by atoms with van der Waals surface area (Å²) in [4.78, 5) is 23.7. The van der Waals surface area contributed by atoms with Gasteiger partial charge in [-0.1, -0.05) is 30.4 Å². The van der Waals surface area contributed by atoms with Crippen LogP contribution in [0.4, 0.5) is 5.69 Å². The van der Waals surface area contributed by atoms with Crippen molar-refractivity contribution in [3.8, 4) is 11.5 Å². The van der Waals surface area contributed by atoms with Gasteiger partial charge in [0.25, 0.3) is 0 Å². The summed E-state index contributed by atoms with van der Waals surface area (Å²) in [6.45, 7) is 5.88. The van der Waals surface area contributed by atoms with Crippen LogP contribution in [0.25, 0.3) is 0 Å². The van der Waals surface area contributed by atoms with Crippen molar-refractivity contribution in [1.29, 1.82) is 0 Å². The average Bonchev–Trinajstić information content (AvgIpc) is 2.68. The smallest absolute Gasteiger partial charge is 0.329 e. The summed E-state index contributed by atoms with van der Waals surface area (Å²) in [7, 11) is 1.52. The quantitative estimate of drug-likeness (QED) is 0.341. The highest BCUT2D eigenvalue weighted by Crippen LogP contribution is 2.27. The Morgan fingerprint density at radius 3 is 2.52 bits per heavy atom. The van der Waals surface area contributed by atoms with Crippen LogP contribution in [0.2, 0.25) is 0 Å². The third-order valence-corrected chi connectivity index (χ3v) is 3.44. The van der Waals surface area contributed by atoms with Gasteiger partial charge in [-0.2, -0.15) is 5.10 Å². The van der Waals surface area contributed by atoms with E-state index in [0.717, 1.165) is 5.56 Å². The lowest BCUT2D eigenvalue weighted by Crippen LogP contribution is -2.32. The maximum absolute atomic E-state index is 11.8. The number of nitrogens with one attached hydrogen (secondary N) is 2. The number of hydrazone groups is 1. The van der Waals surface area contributed by atoms with Crippen molar-refractivity contribution in [3.05, 3.63) is 66.2 Å². The van der Waals surface area contributed by atoms with Crippen LogP contribution in [0, 0.1) is 6.92 Å². The summed E-state index contributed by atoms with van der Waals surface area (Å²) >= 11 is 0. The van der Waals surface area contributed by atoms with E-state index < -0.39 is 11.8 Å². The number of methoxy groups -OCH3 is 1. The Kier molecular flexibility index (Phi) is 7.13. The van der Waals surface area contributed by atoms with E-state index in [1.165, 1.54) is 13.3 Å². The molecule has 140 valence electrons. The molecule has 2 aromatic carbocycles. The maximum Gasteiger partial charge on any atom is 0.329 e. The summed E-state index contributed by atoms with van der Waals surface area (Å²) in [6.07, 6.45) is 3.03. The van der Waals surface area contributed by atoms with Gasteiger partial charge in [0.05, 0.1) is 13.3 Å². The third-order valence-electron chi connectivity index (χ3n) is 3.44. The molecule has 2 amide bonds. The van der Waals surface area contributed by atoms with Crippen LogP contribution in [0.1, 0.15) is 11.1 Å². The minimum Gasteiger partial charge on any atom is -0.493 e. The van der Waals surface area contributed by atoms with Crippen LogP contribution >= 0.6 is 0 Å². The van der Waals surface area contributed by atoms with Crippen LogP contribution in [-0.2, 0) is 9.59 Å². The Hall–Kier alpha value is -3.61. The minimum atomic E-state index is -0.871. The first-order valence-electron chi connectivity index (χ1n) is 8.16. The zero-order valence-corrected chi connectivity index (χ0v) is 15.2. The Morgan fingerprint density at radius 1 is 1.11 bits per heavy atom. The second-order valence-electron chi connectivity index (χ2n) is 5.53. The van der Waals surface area contributed by atoms with Gasteiger partial charge in [0.15, 0.2) is 11.5 Å². The molecule has 0 aliphatic rings. The van der Waals surface area contributed by atoms with E-state index >= 15 is 0 Å². The summed E-state index contributed by atoms with van der Waals surface area (Å²) in [6, 6.07) is 12.3. The van der Waals surface area contributed by atoms with Gasteiger partial charge in [-0.05, 0) is 42.8 Å². The van der Waals surface area contributed by atoms with Crippen molar-refractivity contribution >= 4 is 23.7 Å². The largest absolute Gasteiger partial charge is 0.493 e. The first kappa shape index (κ1) is 19.7. The predicted molar refractivity (Wildman–Crippen MR) is 104 cm³/mol. The number of carbonyl (C=O) groups is 2. The fourth-order valence-corrected chi connectivity index (χ4v) is 2.07. The van der Waals surface area contributed by atoms with E-state index in [1.807, 2.05) is 19.1 Å². The molecule has 7 heteroatoms. The number of benzene rings is 2. The Bertz CT molecular complexity index is 845. The standard InChI is InChI=1S/C20H21N3O4/c1-4-11-27-17-10-7-15(12-18(17)26-3)13-21-23-20(25)19(24)22-16-8-5-14(2)6-9-16/h4-10,12-13H,1,11H2,2-3H3,(H,22,24)(H,23,25)/b21-13-. The zero-order valence-electron chi connectivity index (χ0n) is 15.2. The first-order chi connectivity index (χ1) is 13.0. The molecule has 2 rings (SSSR count). The van der Waals surface area contributed by atoms with Crippen molar-refractivity contribution in [2.75, 3.05) is 19.0 Å². The van der Waals surface area contributed by atoms with Crippen LogP contribution in [0.3, 0.4) is 0 Å². The number of nitrogens with zero attached hydrogens (tertiary/aromatic N) is 1. The Morgan fingerprint density at radius 2 is 1.85 bits per heavy atom. The van der Waals surface area contributed by atoms with Gasteiger partial charge in [-0.15, -0.1) is 0 Å². The molecule has 0 bridgehead atoms. The average molecular weight is 367 g/mol. The van der Waals surface area contributed by atoms with Crippen LogP contribution in [0.5, 0.6) is 11.5 Å². The molecule has 2 N–H and O–H groups in total. The monoisotopic (exact) mass is 367 g/mol. The van der Waals surface area contributed by atoms with E-state index in [4.69, 9.17) is 9.47 Å². The van der Waals surface area contributed by atoms with Crippen LogP contribution in [-0.4, -0.2) is 31.7 Å². The minimum absolute atomic E-state index is 0.357. The van der Waals surface area contributed by atoms with Gasteiger partial charge in [0.1, 0.15) is 6.61 Å². The van der Waals surface area contributed by atoms with Gasteiger partial charge < -0.3 is 14.8 Å². The number of amides is 2. The van der Waals surface area contributed by atoms with E-state index in [-0.39, 0.29) is 0 Å². The molecular formula is C20H21N3O4. The Labute approximate surface area is 157 Å². The number of hydrogen-bond acceptors (Lipinski definition) is 5. The van der Waals surface area contributed by atoms with Crippen LogP contribution in [0.15, 0.2) is 60.2 Å². The molecule has 0 aromatic heterocycles. The summed E-state index contributed by atoms with van der Waals surface area (Å²) < 4.78 is 10.7. The number of hydrogen-bond donors (Lipinski definition) is 2. The number of ether oxygens (including phenoxy) is 2. The van der Waals surface area contributed by atoms with Crippen molar-refractivity contribution in [3.63, 3.8) is 0 Å². The summed E-state index contributed by atoms with van der Waals surface area (Å²) in [5.74, 6) is -0.591. The molecule has 0 saturated carbocycles. The first-order valence-corrected chi connectivity index (χ1v) is 8.16. The second-order valence-corrected chi connectivity index (χ2v) is 5.53. The SMILES string of the molecule is C=CCOc1ccc(/C=N\NC(=O)C(=O)Nc2ccc(C)cc2)cc1OC. The van der Waals surface area contributed by atoms with Gasteiger partial charge in [0, 0.05) is 5.69 Å². The lowest BCUT2D eigenvalue weighted by Gasteiger charge is -2.09. The van der Waals surface area contributed by atoms with Gasteiger partial charge in [0.2, 0.25) is 0 Å². The Balaban J connectivity index is 1.93. The molecule has 0 fully saturated rings. The molecule has 0 saturated heterocycles. The van der Waals surface area contributed by atoms with E-state index in [9.17, 15) is 9.59 Å². The van der Waals surface area contributed by atoms with E-state index in [2.05, 4.69) is 22.4 Å². The molecule has 0 spiro atoms. The van der Waals surface area contributed by atoms with Gasteiger partial charge in [-0.25, -0.2) is 5.43 Å². The number of aryl methyl sites for hydroxylation is 1. The molecular weight excluding hydrogens is 346 g/mol. The van der Waals surface area contributed by atoms with E-state index in [1.54, 1.807) is 36.4 Å². The van der Waals surface area contributed by atoms with E-state index in [0.29, 0.717) is 29.4 Å². The normalized spacial score (nSPS) is 10.3. The van der Waals surface area contributed by atoms with Gasteiger partial charge in [-0.3, -0.25) is 9.59 Å². The fraction of sp³-hybridized carbons (Fsp3) is 0.150. The zero-order chi connectivity index (χ0) is 19.6. The highest BCUT2D eigenvalue weighted by atomic mass is 16.5. The molecule has 0 unspecified atom stereocenters. The summed E-state index contributed by atoms with van der Waals surface area (Å²) in [5, 5.41) is 6.28. The molecule has 7 nitrogen and oxygen atoms in total. The predicted octanol–water partition coefficient (Wildman–Crippen LogP) is 2.66. The lowest BCUT2D eigenvalue weighted by atomic mass is 10.2. The summed E-state index contributed by atoms with van der Waals surface area (Å²) in [5.41, 5.74) is 4.43. The second kappa shape index (κ2) is 9.76. The lowest BCUT2D eigenvalue weighted by molar-refractivity contribution is -0.136. The van der Waals surface area contributed by atoms with Gasteiger partial charge >= 0.3 is 11.8 Å². The number of rotatable bonds is 7. The van der Waals surface area contributed by atoms with Crippen LogP contribution < -0.4 is 20.2 Å². The highest BCUT2D eigenvalue weighted by molar-refractivity contribution is 6.39.